The Morgan fingerprint density at radius 3 is 2.80 bits per heavy atom. The fraction of sp³-hybridized carbons (Fsp3) is 0.625. The zero-order valence-electron chi connectivity index (χ0n) is 6.05. The van der Waals surface area contributed by atoms with E-state index in [1.807, 2.05) is 5.06 Å². The van der Waals surface area contributed by atoms with Gasteiger partial charge in [0.25, 0.3) is 0 Å². The number of terminal acetylenes is 1. The maximum absolute atomic E-state index is 5.21. The quantitative estimate of drug-likeness (QED) is 0.429. The third kappa shape index (κ3) is 2.38. The molecule has 0 saturated carbocycles. The Kier molecular flexibility index (Phi) is 3.28. The largest absolute Gasteiger partial charge is 0.292 e. The summed E-state index contributed by atoms with van der Waals surface area (Å²) in [7, 11) is 0. The van der Waals surface area contributed by atoms with Crippen molar-refractivity contribution < 1.29 is 4.84 Å². The molecule has 1 aliphatic rings. The van der Waals surface area contributed by atoms with Crippen molar-refractivity contribution in [2.24, 2.45) is 0 Å². The standard InChI is InChI=1S/C8H12NO/c1-2-3-8-10-9-6-4-5-7-9/h1,8H,3-7H2. The van der Waals surface area contributed by atoms with Crippen LogP contribution in [0.3, 0.4) is 0 Å². The average molecular weight is 138 g/mol. The second kappa shape index (κ2) is 4.32. The predicted octanol–water partition coefficient (Wildman–Crippen LogP) is 1.20. The fourth-order valence-corrected chi connectivity index (χ4v) is 0.984. The lowest BCUT2D eigenvalue weighted by Gasteiger charge is -2.12. The van der Waals surface area contributed by atoms with Gasteiger partial charge in [0.2, 0.25) is 0 Å². The molecular weight excluding hydrogens is 126 g/mol. The monoisotopic (exact) mass is 138 g/mol. The van der Waals surface area contributed by atoms with Crippen molar-refractivity contribution in [3.05, 3.63) is 6.61 Å². The summed E-state index contributed by atoms with van der Waals surface area (Å²) in [6.45, 7) is 3.76. The second-order valence-corrected chi connectivity index (χ2v) is 2.32. The van der Waals surface area contributed by atoms with Crippen molar-refractivity contribution in [2.75, 3.05) is 13.1 Å². The normalized spacial score (nSPS) is 19.1. The van der Waals surface area contributed by atoms with Crippen LogP contribution in [0.15, 0.2) is 0 Å². The van der Waals surface area contributed by atoms with Crippen LogP contribution in [0.2, 0.25) is 0 Å². The van der Waals surface area contributed by atoms with E-state index in [4.69, 9.17) is 11.3 Å². The highest BCUT2D eigenvalue weighted by Gasteiger charge is 2.10. The van der Waals surface area contributed by atoms with Crippen LogP contribution >= 0.6 is 0 Å². The Labute approximate surface area is 62.1 Å². The first-order chi connectivity index (χ1) is 4.93. The highest BCUT2D eigenvalue weighted by molar-refractivity contribution is 4.86. The van der Waals surface area contributed by atoms with Gasteiger partial charge >= 0.3 is 0 Å². The van der Waals surface area contributed by atoms with E-state index in [1.54, 1.807) is 6.61 Å². The molecule has 1 aliphatic heterocycles. The van der Waals surface area contributed by atoms with Crippen LogP contribution in [0.25, 0.3) is 0 Å². The van der Waals surface area contributed by atoms with Gasteiger partial charge in [0.05, 0.1) is 0 Å². The van der Waals surface area contributed by atoms with Crippen molar-refractivity contribution in [1.82, 2.24) is 5.06 Å². The Morgan fingerprint density at radius 1 is 1.50 bits per heavy atom. The first-order valence-electron chi connectivity index (χ1n) is 3.60. The first kappa shape index (κ1) is 7.59. The van der Waals surface area contributed by atoms with Crippen molar-refractivity contribution >= 4 is 0 Å². The molecule has 0 N–H and O–H groups in total. The summed E-state index contributed by atoms with van der Waals surface area (Å²) in [6.07, 6.45) is 8.11. The highest BCUT2D eigenvalue weighted by Crippen LogP contribution is 2.08. The molecule has 2 heteroatoms. The molecule has 0 aromatic carbocycles. The van der Waals surface area contributed by atoms with E-state index in [2.05, 4.69) is 5.92 Å². The summed E-state index contributed by atoms with van der Waals surface area (Å²) in [5.74, 6) is 2.48. The van der Waals surface area contributed by atoms with E-state index in [0.717, 1.165) is 13.1 Å². The lowest BCUT2D eigenvalue weighted by molar-refractivity contribution is -0.108. The van der Waals surface area contributed by atoms with Crippen LogP contribution in [-0.4, -0.2) is 18.2 Å². The molecule has 0 aromatic heterocycles. The predicted molar refractivity (Wildman–Crippen MR) is 39.6 cm³/mol. The van der Waals surface area contributed by atoms with Crippen LogP contribution in [0.5, 0.6) is 0 Å². The lowest BCUT2D eigenvalue weighted by Crippen LogP contribution is -2.17. The minimum atomic E-state index is 0.594. The number of hydroxylamine groups is 2. The molecule has 1 radical (unpaired) electrons. The maximum atomic E-state index is 5.21. The molecule has 55 valence electrons. The van der Waals surface area contributed by atoms with Gasteiger partial charge in [-0.2, -0.15) is 5.06 Å². The molecule has 0 amide bonds. The SMILES string of the molecule is C#CC[CH]ON1CCCC1. The van der Waals surface area contributed by atoms with Gasteiger partial charge < -0.3 is 0 Å². The minimum absolute atomic E-state index is 0.594. The van der Waals surface area contributed by atoms with Gasteiger partial charge in [0, 0.05) is 19.5 Å². The third-order valence-electron chi connectivity index (χ3n) is 1.49. The molecule has 1 fully saturated rings. The van der Waals surface area contributed by atoms with Crippen molar-refractivity contribution in [2.45, 2.75) is 19.3 Å². The smallest absolute Gasteiger partial charge is 0.119 e. The molecule has 0 unspecified atom stereocenters. The maximum Gasteiger partial charge on any atom is 0.119 e. The topological polar surface area (TPSA) is 12.5 Å². The van der Waals surface area contributed by atoms with E-state index in [-0.39, 0.29) is 0 Å². The van der Waals surface area contributed by atoms with Gasteiger partial charge in [-0.05, 0) is 12.8 Å². The van der Waals surface area contributed by atoms with Gasteiger partial charge in [0.1, 0.15) is 6.61 Å². The Balaban J connectivity index is 1.97. The third-order valence-corrected chi connectivity index (χ3v) is 1.49. The van der Waals surface area contributed by atoms with Crippen LogP contribution in [-0.2, 0) is 4.84 Å². The van der Waals surface area contributed by atoms with E-state index in [0.29, 0.717) is 6.42 Å². The summed E-state index contributed by atoms with van der Waals surface area (Å²) in [5, 5.41) is 1.94. The van der Waals surface area contributed by atoms with Gasteiger partial charge in [-0.3, -0.25) is 4.84 Å². The van der Waals surface area contributed by atoms with E-state index in [1.165, 1.54) is 12.8 Å². The molecular formula is C8H12NO. The zero-order valence-corrected chi connectivity index (χ0v) is 6.05. The Morgan fingerprint density at radius 2 is 2.20 bits per heavy atom. The fourth-order valence-electron chi connectivity index (χ4n) is 0.984. The number of hydrogen-bond acceptors (Lipinski definition) is 2. The molecule has 0 spiro atoms. The van der Waals surface area contributed by atoms with Crippen molar-refractivity contribution in [1.29, 1.82) is 0 Å². The molecule has 10 heavy (non-hydrogen) atoms. The summed E-state index contributed by atoms with van der Waals surface area (Å²) < 4.78 is 0. The summed E-state index contributed by atoms with van der Waals surface area (Å²) >= 11 is 0. The van der Waals surface area contributed by atoms with Crippen molar-refractivity contribution in [3.63, 3.8) is 0 Å². The van der Waals surface area contributed by atoms with E-state index >= 15 is 0 Å². The first-order valence-corrected chi connectivity index (χ1v) is 3.60. The molecule has 1 saturated heterocycles. The number of rotatable bonds is 3. The molecule has 1 heterocycles. The number of hydrogen-bond donors (Lipinski definition) is 0. The van der Waals surface area contributed by atoms with Gasteiger partial charge in [-0.1, -0.05) is 0 Å². The molecule has 0 aromatic rings. The molecule has 1 rings (SSSR count). The van der Waals surface area contributed by atoms with Crippen LogP contribution in [0, 0.1) is 19.0 Å². The van der Waals surface area contributed by atoms with Gasteiger partial charge in [-0.25, -0.2) is 0 Å². The Hall–Kier alpha value is -0.520. The van der Waals surface area contributed by atoms with Crippen LogP contribution in [0.1, 0.15) is 19.3 Å². The molecule has 2 nitrogen and oxygen atoms in total. The highest BCUT2D eigenvalue weighted by atomic mass is 16.7. The summed E-state index contributed by atoms with van der Waals surface area (Å²) in [6, 6.07) is 0. The molecule has 0 aliphatic carbocycles. The van der Waals surface area contributed by atoms with Crippen molar-refractivity contribution in [3.8, 4) is 12.3 Å². The summed E-state index contributed by atoms with van der Waals surface area (Å²) in [5.41, 5.74) is 0. The van der Waals surface area contributed by atoms with E-state index < -0.39 is 0 Å². The van der Waals surface area contributed by atoms with Crippen LogP contribution < -0.4 is 0 Å². The van der Waals surface area contributed by atoms with Crippen LogP contribution in [0.4, 0.5) is 0 Å². The molecule has 0 atom stereocenters. The summed E-state index contributed by atoms with van der Waals surface area (Å²) in [4.78, 5) is 5.21. The van der Waals surface area contributed by atoms with E-state index in [9.17, 15) is 0 Å². The van der Waals surface area contributed by atoms with Gasteiger partial charge in [-0.15, -0.1) is 12.3 Å². The molecule has 0 bridgehead atoms. The van der Waals surface area contributed by atoms with Gasteiger partial charge in [0.15, 0.2) is 0 Å². The zero-order chi connectivity index (χ0) is 7.23. The second-order valence-electron chi connectivity index (χ2n) is 2.32. The average Bonchev–Trinajstić information content (AvgIpc) is 2.41. The number of nitrogens with zero attached hydrogens (tertiary/aromatic N) is 1. The lowest BCUT2D eigenvalue weighted by atomic mass is 10.4. The Bertz CT molecular complexity index is 122. The minimum Gasteiger partial charge on any atom is -0.292 e.